The maximum absolute atomic E-state index is 12.6. The number of nitrogens with one attached hydrogen (secondary N) is 1. The van der Waals surface area contributed by atoms with Crippen molar-refractivity contribution < 1.29 is 13.6 Å². The molecular formula is C25H36N2O3S. The van der Waals surface area contributed by atoms with Crippen LogP contribution in [0.3, 0.4) is 0 Å². The topological polar surface area (TPSA) is 78.8 Å². The summed E-state index contributed by atoms with van der Waals surface area (Å²) >= 11 is 0. The van der Waals surface area contributed by atoms with Crippen LogP contribution in [0.1, 0.15) is 82.3 Å². The number of nitrogens with zero attached hydrogens (tertiary/aromatic N) is 1. The van der Waals surface area contributed by atoms with Crippen LogP contribution in [0.5, 0.6) is 0 Å². The number of para-hydroxylation sites is 1. The molecule has 0 aromatic heterocycles. The van der Waals surface area contributed by atoms with Crippen molar-refractivity contribution in [2.45, 2.75) is 71.1 Å². The predicted molar refractivity (Wildman–Crippen MR) is 130 cm³/mol. The highest BCUT2D eigenvalue weighted by molar-refractivity contribution is 7.92. The van der Waals surface area contributed by atoms with E-state index < -0.39 is 10.0 Å². The Morgan fingerprint density at radius 2 is 1.35 bits per heavy atom. The van der Waals surface area contributed by atoms with Crippen LogP contribution in [0.25, 0.3) is 0 Å². The molecule has 170 valence electrons. The summed E-state index contributed by atoms with van der Waals surface area (Å²) in [6.45, 7) is 2.23. The highest BCUT2D eigenvalue weighted by Crippen LogP contribution is 2.22. The Kier molecular flexibility index (Phi) is 11.1. The van der Waals surface area contributed by atoms with Gasteiger partial charge in [-0.2, -0.15) is 0 Å². The molecular weight excluding hydrogens is 408 g/mol. The lowest BCUT2D eigenvalue weighted by Gasteiger charge is -2.13. The summed E-state index contributed by atoms with van der Waals surface area (Å²) < 4.78 is 27.9. The first-order chi connectivity index (χ1) is 15.1. The van der Waals surface area contributed by atoms with E-state index in [1.807, 2.05) is 30.3 Å². The monoisotopic (exact) mass is 444 g/mol. The quantitative estimate of drug-likeness (QED) is 0.141. The molecule has 2 rings (SSSR count). The second-order valence-electron chi connectivity index (χ2n) is 7.96. The number of benzene rings is 2. The fraction of sp³-hybridized carbons (Fsp3) is 0.480. The van der Waals surface area contributed by atoms with Gasteiger partial charge in [-0.15, -0.1) is 0 Å². The van der Waals surface area contributed by atoms with Gasteiger partial charge >= 0.3 is 0 Å². The van der Waals surface area contributed by atoms with Crippen LogP contribution in [-0.4, -0.2) is 25.1 Å². The largest absolute Gasteiger partial charge is 0.410 e. The molecule has 5 nitrogen and oxygen atoms in total. The Morgan fingerprint density at radius 3 is 1.97 bits per heavy atom. The van der Waals surface area contributed by atoms with Crippen LogP contribution in [0.15, 0.2) is 59.8 Å². The Morgan fingerprint density at radius 1 is 0.806 bits per heavy atom. The zero-order valence-electron chi connectivity index (χ0n) is 18.6. The van der Waals surface area contributed by atoms with E-state index in [2.05, 4.69) is 16.8 Å². The molecule has 0 saturated heterocycles. The van der Waals surface area contributed by atoms with Gasteiger partial charge in [0.2, 0.25) is 10.0 Å². The first-order valence-electron chi connectivity index (χ1n) is 11.4. The lowest BCUT2D eigenvalue weighted by molar-refractivity contribution is 0.319. The van der Waals surface area contributed by atoms with Gasteiger partial charge in [0.15, 0.2) is 0 Å². The molecule has 0 aliphatic rings. The molecule has 0 spiro atoms. The molecule has 31 heavy (non-hydrogen) atoms. The zero-order chi connectivity index (χ0) is 22.4. The predicted octanol–water partition coefficient (Wildman–Crippen LogP) is 6.58. The van der Waals surface area contributed by atoms with Gasteiger partial charge in [-0.1, -0.05) is 118 Å². The third kappa shape index (κ3) is 9.13. The highest BCUT2D eigenvalue weighted by atomic mass is 32.2. The van der Waals surface area contributed by atoms with Crippen LogP contribution in [0, 0.1) is 0 Å². The Labute approximate surface area is 187 Å². The van der Waals surface area contributed by atoms with Crippen LogP contribution in [-0.2, 0) is 10.0 Å². The van der Waals surface area contributed by atoms with Gasteiger partial charge in [0, 0.05) is 11.1 Å². The van der Waals surface area contributed by atoms with E-state index in [4.69, 9.17) is 0 Å². The van der Waals surface area contributed by atoms with Gasteiger partial charge < -0.3 is 5.21 Å². The Hall–Kier alpha value is -2.34. The smallest absolute Gasteiger partial charge is 0.232 e. The fourth-order valence-corrected chi connectivity index (χ4v) is 4.84. The summed E-state index contributed by atoms with van der Waals surface area (Å²) in [5, 5.41) is 13.0. The summed E-state index contributed by atoms with van der Waals surface area (Å²) in [6.07, 6.45) is 11.6. The van der Waals surface area contributed by atoms with E-state index in [-0.39, 0.29) is 5.75 Å². The van der Waals surface area contributed by atoms with Gasteiger partial charge in [0.1, 0.15) is 5.71 Å². The van der Waals surface area contributed by atoms with Gasteiger partial charge in [0.25, 0.3) is 0 Å². The number of oxime groups is 1. The van der Waals surface area contributed by atoms with Crippen LogP contribution < -0.4 is 4.72 Å². The van der Waals surface area contributed by atoms with Crippen molar-refractivity contribution in [3.8, 4) is 0 Å². The molecule has 0 saturated carbocycles. The van der Waals surface area contributed by atoms with Crippen molar-refractivity contribution >= 4 is 21.4 Å². The number of unbranched alkanes of at least 4 members (excludes halogenated alkanes) is 9. The average Bonchev–Trinajstić information content (AvgIpc) is 2.77. The van der Waals surface area contributed by atoms with Gasteiger partial charge in [-0.25, -0.2) is 8.42 Å². The van der Waals surface area contributed by atoms with Crippen molar-refractivity contribution in [2.24, 2.45) is 5.16 Å². The number of hydrogen-bond acceptors (Lipinski definition) is 4. The molecule has 0 atom stereocenters. The summed E-state index contributed by atoms with van der Waals surface area (Å²) in [7, 11) is -3.48. The molecule has 6 heteroatoms. The highest BCUT2D eigenvalue weighted by Gasteiger charge is 2.16. The SMILES string of the molecule is CCCCCCCCCCCCS(=O)(=O)Nc1ccccc1/C(=N\O)c1ccccc1. The standard InChI is InChI=1S/C25H36N2O3S/c1-2-3-4-5-6-7-8-9-10-16-21-31(29,30)27-24-20-15-14-19-23(24)25(26-28)22-17-12-11-13-18-22/h11-15,17-20,27-28H,2-10,16,21H2,1H3/b26-25-. The Bertz CT molecular complexity index is 896. The second-order valence-corrected chi connectivity index (χ2v) is 9.80. The molecule has 2 N–H and O–H groups in total. The van der Waals surface area contributed by atoms with E-state index >= 15 is 0 Å². The van der Waals surface area contributed by atoms with E-state index in [0.717, 1.165) is 12.8 Å². The third-order valence-corrected chi connectivity index (χ3v) is 6.72. The normalized spacial score (nSPS) is 12.1. The lowest BCUT2D eigenvalue weighted by Crippen LogP contribution is -2.19. The van der Waals surface area contributed by atoms with Crippen LogP contribution in [0.2, 0.25) is 0 Å². The van der Waals surface area contributed by atoms with Gasteiger partial charge in [-0.3, -0.25) is 4.72 Å². The van der Waals surface area contributed by atoms with E-state index in [1.165, 1.54) is 44.9 Å². The molecule has 0 fully saturated rings. The number of sulfonamides is 1. The molecule has 0 amide bonds. The van der Waals surface area contributed by atoms with Crippen LogP contribution in [0.4, 0.5) is 5.69 Å². The van der Waals surface area contributed by atoms with Gasteiger partial charge in [0.05, 0.1) is 11.4 Å². The minimum absolute atomic E-state index is 0.0920. The first kappa shape index (κ1) is 24.9. The summed E-state index contributed by atoms with van der Waals surface area (Å²) in [4.78, 5) is 0. The zero-order valence-corrected chi connectivity index (χ0v) is 19.4. The second kappa shape index (κ2) is 13.9. The summed E-state index contributed by atoms with van der Waals surface area (Å²) in [5.41, 5.74) is 2.01. The molecule has 0 bridgehead atoms. The number of hydrogen-bond donors (Lipinski definition) is 2. The molecule has 2 aromatic carbocycles. The molecule has 0 heterocycles. The number of anilines is 1. The summed E-state index contributed by atoms with van der Waals surface area (Å²) in [5.74, 6) is 0.0920. The minimum atomic E-state index is -3.48. The lowest BCUT2D eigenvalue weighted by atomic mass is 10.0. The summed E-state index contributed by atoms with van der Waals surface area (Å²) in [6, 6.07) is 16.2. The van der Waals surface area contributed by atoms with Crippen molar-refractivity contribution in [2.75, 3.05) is 10.5 Å². The van der Waals surface area contributed by atoms with Crippen molar-refractivity contribution in [3.63, 3.8) is 0 Å². The van der Waals surface area contributed by atoms with Crippen molar-refractivity contribution in [1.29, 1.82) is 0 Å². The fourth-order valence-electron chi connectivity index (χ4n) is 3.64. The average molecular weight is 445 g/mol. The maximum Gasteiger partial charge on any atom is 0.232 e. The molecule has 0 aliphatic carbocycles. The number of rotatable bonds is 15. The van der Waals surface area contributed by atoms with Crippen LogP contribution >= 0.6 is 0 Å². The van der Waals surface area contributed by atoms with E-state index in [1.54, 1.807) is 24.3 Å². The molecule has 2 aromatic rings. The van der Waals surface area contributed by atoms with Crippen molar-refractivity contribution in [1.82, 2.24) is 0 Å². The molecule has 0 radical (unpaired) electrons. The Balaban J connectivity index is 1.84. The van der Waals surface area contributed by atoms with Gasteiger partial charge in [-0.05, 0) is 12.5 Å². The van der Waals surface area contributed by atoms with Crippen molar-refractivity contribution in [3.05, 3.63) is 65.7 Å². The molecule has 0 unspecified atom stereocenters. The minimum Gasteiger partial charge on any atom is -0.410 e. The maximum atomic E-state index is 12.6. The first-order valence-corrected chi connectivity index (χ1v) is 13.1. The molecule has 0 aliphatic heterocycles. The van der Waals surface area contributed by atoms with E-state index in [9.17, 15) is 13.6 Å². The van der Waals surface area contributed by atoms with E-state index in [0.29, 0.717) is 28.9 Å². The third-order valence-electron chi connectivity index (χ3n) is 5.36.